The Morgan fingerprint density at radius 3 is 2.63 bits per heavy atom. The first kappa shape index (κ1) is 13.2. The van der Waals surface area contributed by atoms with E-state index in [4.69, 9.17) is 11.6 Å². The van der Waals surface area contributed by atoms with Gasteiger partial charge in [-0.25, -0.2) is 0 Å². The third kappa shape index (κ3) is 3.85. The predicted molar refractivity (Wildman–Crippen MR) is 81.1 cm³/mol. The van der Waals surface area contributed by atoms with Crippen molar-refractivity contribution in [3.05, 3.63) is 29.3 Å². The van der Waals surface area contributed by atoms with Crippen molar-refractivity contribution in [2.24, 2.45) is 0 Å². The van der Waals surface area contributed by atoms with Gasteiger partial charge in [-0.15, -0.1) is 0 Å². The van der Waals surface area contributed by atoms with Crippen LogP contribution in [-0.4, -0.2) is 50.2 Å². The molecule has 3 rings (SSSR count). The maximum absolute atomic E-state index is 6.05. The number of hydrogen-bond donors (Lipinski definition) is 1. The van der Waals surface area contributed by atoms with Crippen molar-refractivity contribution >= 4 is 17.3 Å². The maximum Gasteiger partial charge on any atom is 0.0426 e. The van der Waals surface area contributed by atoms with Gasteiger partial charge >= 0.3 is 0 Å². The zero-order valence-electron chi connectivity index (χ0n) is 11.3. The minimum atomic E-state index is 0.827. The molecular formula is C15H22ClN3. The highest BCUT2D eigenvalue weighted by Crippen LogP contribution is 2.21. The Morgan fingerprint density at radius 1 is 1.16 bits per heavy atom. The summed E-state index contributed by atoms with van der Waals surface area (Å²) in [6, 6.07) is 9.00. The molecule has 1 heterocycles. The number of benzene rings is 1. The Balaban J connectivity index is 1.43. The zero-order valence-corrected chi connectivity index (χ0v) is 12.1. The van der Waals surface area contributed by atoms with Crippen LogP contribution in [0.1, 0.15) is 12.8 Å². The van der Waals surface area contributed by atoms with Crippen molar-refractivity contribution in [3.63, 3.8) is 0 Å². The fourth-order valence-electron chi connectivity index (χ4n) is 2.62. The Morgan fingerprint density at radius 2 is 1.95 bits per heavy atom. The molecular weight excluding hydrogens is 258 g/mol. The average molecular weight is 280 g/mol. The van der Waals surface area contributed by atoms with E-state index < -0.39 is 0 Å². The van der Waals surface area contributed by atoms with E-state index in [2.05, 4.69) is 27.2 Å². The summed E-state index contributed by atoms with van der Waals surface area (Å²) >= 11 is 6.05. The average Bonchev–Trinajstić information content (AvgIpc) is 3.24. The van der Waals surface area contributed by atoms with Gasteiger partial charge in [-0.05, 0) is 31.0 Å². The number of nitrogens with zero attached hydrogens (tertiary/aromatic N) is 2. The first-order valence-corrected chi connectivity index (χ1v) is 7.65. The van der Waals surface area contributed by atoms with E-state index in [9.17, 15) is 0 Å². The molecule has 1 N–H and O–H groups in total. The van der Waals surface area contributed by atoms with Crippen LogP contribution >= 0.6 is 11.6 Å². The number of hydrogen-bond acceptors (Lipinski definition) is 3. The highest BCUT2D eigenvalue weighted by molar-refractivity contribution is 6.30. The van der Waals surface area contributed by atoms with Gasteiger partial charge in [-0.1, -0.05) is 17.7 Å². The van der Waals surface area contributed by atoms with Crippen LogP contribution in [-0.2, 0) is 0 Å². The summed E-state index contributed by atoms with van der Waals surface area (Å²) in [6.07, 6.45) is 2.76. The molecule has 4 heteroatoms. The summed E-state index contributed by atoms with van der Waals surface area (Å²) in [4.78, 5) is 4.98. The second-order valence-corrected chi connectivity index (χ2v) is 5.97. The number of rotatable bonds is 5. The molecule has 0 unspecified atom stereocenters. The molecule has 0 atom stereocenters. The topological polar surface area (TPSA) is 18.5 Å². The van der Waals surface area contributed by atoms with Gasteiger partial charge in [0.15, 0.2) is 0 Å². The van der Waals surface area contributed by atoms with Crippen molar-refractivity contribution in [1.29, 1.82) is 0 Å². The fourth-order valence-corrected chi connectivity index (χ4v) is 2.80. The van der Waals surface area contributed by atoms with Gasteiger partial charge in [0, 0.05) is 56.0 Å². The molecule has 0 radical (unpaired) electrons. The number of piperazine rings is 1. The third-order valence-electron chi connectivity index (χ3n) is 3.98. The fraction of sp³-hybridized carbons (Fsp3) is 0.600. The molecule has 19 heavy (non-hydrogen) atoms. The van der Waals surface area contributed by atoms with Crippen LogP contribution in [0, 0.1) is 0 Å². The van der Waals surface area contributed by atoms with Gasteiger partial charge in [0.2, 0.25) is 0 Å². The summed E-state index contributed by atoms with van der Waals surface area (Å²) in [7, 11) is 0. The Labute approximate surface area is 120 Å². The Kier molecular flexibility index (Phi) is 4.26. The van der Waals surface area contributed by atoms with Crippen LogP contribution in [0.2, 0.25) is 5.02 Å². The van der Waals surface area contributed by atoms with Crippen LogP contribution in [0.25, 0.3) is 0 Å². The molecule has 1 aromatic carbocycles. The minimum absolute atomic E-state index is 0.827. The highest BCUT2D eigenvalue weighted by atomic mass is 35.5. The summed E-state index contributed by atoms with van der Waals surface area (Å²) in [5, 5.41) is 4.41. The summed E-state index contributed by atoms with van der Waals surface area (Å²) in [6.45, 7) is 6.83. The second-order valence-electron chi connectivity index (χ2n) is 5.54. The smallest absolute Gasteiger partial charge is 0.0426 e. The molecule has 0 aromatic heterocycles. The zero-order chi connectivity index (χ0) is 13.1. The van der Waals surface area contributed by atoms with Crippen LogP contribution in [0.15, 0.2) is 24.3 Å². The quantitative estimate of drug-likeness (QED) is 0.892. The molecule has 1 aliphatic heterocycles. The van der Waals surface area contributed by atoms with E-state index in [0.29, 0.717) is 0 Å². The van der Waals surface area contributed by atoms with Gasteiger partial charge < -0.3 is 10.2 Å². The van der Waals surface area contributed by atoms with Crippen molar-refractivity contribution in [3.8, 4) is 0 Å². The summed E-state index contributed by atoms with van der Waals surface area (Å²) < 4.78 is 0. The molecule has 1 saturated carbocycles. The number of halogens is 1. The normalized spacial score (nSPS) is 20.8. The number of anilines is 1. The van der Waals surface area contributed by atoms with E-state index in [1.165, 1.54) is 25.1 Å². The molecule has 1 saturated heterocycles. The standard InChI is InChI=1S/C15H22ClN3/c16-13-2-1-3-15(12-13)19-10-8-18(9-11-19)7-6-17-14-4-5-14/h1-3,12,14,17H,4-11H2. The molecule has 2 fully saturated rings. The lowest BCUT2D eigenvalue weighted by molar-refractivity contribution is 0.257. The molecule has 1 aliphatic carbocycles. The van der Waals surface area contributed by atoms with Crippen molar-refractivity contribution in [2.45, 2.75) is 18.9 Å². The van der Waals surface area contributed by atoms with E-state index in [1.807, 2.05) is 12.1 Å². The number of nitrogens with one attached hydrogen (secondary N) is 1. The van der Waals surface area contributed by atoms with Crippen molar-refractivity contribution in [1.82, 2.24) is 10.2 Å². The largest absolute Gasteiger partial charge is 0.369 e. The Hall–Kier alpha value is -0.770. The molecule has 0 bridgehead atoms. The van der Waals surface area contributed by atoms with Crippen molar-refractivity contribution in [2.75, 3.05) is 44.2 Å². The lowest BCUT2D eigenvalue weighted by Gasteiger charge is -2.36. The van der Waals surface area contributed by atoms with Crippen LogP contribution in [0.3, 0.4) is 0 Å². The van der Waals surface area contributed by atoms with Crippen molar-refractivity contribution < 1.29 is 0 Å². The van der Waals surface area contributed by atoms with Gasteiger partial charge in [-0.3, -0.25) is 4.90 Å². The van der Waals surface area contributed by atoms with E-state index in [-0.39, 0.29) is 0 Å². The molecule has 0 amide bonds. The Bertz CT molecular complexity index is 412. The van der Waals surface area contributed by atoms with Gasteiger partial charge in [0.05, 0.1) is 0 Å². The van der Waals surface area contributed by atoms with Crippen LogP contribution < -0.4 is 10.2 Å². The minimum Gasteiger partial charge on any atom is -0.369 e. The lowest BCUT2D eigenvalue weighted by Crippen LogP contribution is -2.48. The SMILES string of the molecule is Clc1cccc(N2CCN(CCNC3CC3)CC2)c1. The van der Waals surface area contributed by atoms with Gasteiger partial charge in [0.1, 0.15) is 0 Å². The summed E-state index contributed by atoms with van der Waals surface area (Å²) in [5.74, 6) is 0. The summed E-state index contributed by atoms with van der Waals surface area (Å²) in [5.41, 5.74) is 1.25. The van der Waals surface area contributed by atoms with E-state index in [0.717, 1.165) is 43.8 Å². The lowest BCUT2D eigenvalue weighted by atomic mass is 10.2. The third-order valence-corrected chi connectivity index (χ3v) is 4.22. The van der Waals surface area contributed by atoms with Crippen LogP contribution in [0.5, 0.6) is 0 Å². The molecule has 1 aromatic rings. The van der Waals surface area contributed by atoms with Gasteiger partial charge in [-0.2, -0.15) is 0 Å². The highest BCUT2D eigenvalue weighted by Gasteiger charge is 2.21. The van der Waals surface area contributed by atoms with E-state index in [1.54, 1.807) is 0 Å². The van der Waals surface area contributed by atoms with E-state index >= 15 is 0 Å². The monoisotopic (exact) mass is 279 g/mol. The molecule has 104 valence electrons. The molecule has 3 nitrogen and oxygen atoms in total. The van der Waals surface area contributed by atoms with Gasteiger partial charge in [0.25, 0.3) is 0 Å². The second kappa shape index (κ2) is 6.12. The first-order valence-electron chi connectivity index (χ1n) is 7.27. The van der Waals surface area contributed by atoms with Crippen LogP contribution in [0.4, 0.5) is 5.69 Å². The first-order chi connectivity index (χ1) is 9.31. The predicted octanol–water partition coefficient (Wildman–Crippen LogP) is 2.21. The molecule has 2 aliphatic rings. The molecule has 0 spiro atoms. The maximum atomic E-state index is 6.05.